The number of benzene rings is 1. The number of carboxylic acid groups (broad SMARTS) is 1. The van der Waals surface area contributed by atoms with Gasteiger partial charge in [-0.2, -0.15) is 0 Å². The molecule has 3 heteroatoms. The number of carboxylic acids is 1. The van der Waals surface area contributed by atoms with E-state index in [0.717, 1.165) is 12.8 Å². The standard InChI is InChI=1S/C13H19NO2/c1-2-14-12(13(15)16)10-6-9-11-7-4-3-5-8-11/h3-5,7-8,12,14H,2,6,9-10H2,1H3,(H,15,16). The second kappa shape index (κ2) is 7.01. The van der Waals surface area contributed by atoms with Crippen molar-refractivity contribution in [3.63, 3.8) is 0 Å². The van der Waals surface area contributed by atoms with E-state index in [4.69, 9.17) is 5.11 Å². The molecule has 0 radical (unpaired) electrons. The van der Waals surface area contributed by atoms with Crippen LogP contribution in [0.25, 0.3) is 0 Å². The van der Waals surface area contributed by atoms with E-state index in [9.17, 15) is 4.79 Å². The molecule has 0 aliphatic rings. The minimum atomic E-state index is -0.755. The van der Waals surface area contributed by atoms with Crippen molar-refractivity contribution in [1.29, 1.82) is 0 Å². The van der Waals surface area contributed by atoms with Crippen LogP contribution in [-0.4, -0.2) is 23.7 Å². The summed E-state index contributed by atoms with van der Waals surface area (Å²) in [5.41, 5.74) is 1.27. The van der Waals surface area contributed by atoms with E-state index < -0.39 is 12.0 Å². The maximum Gasteiger partial charge on any atom is 0.320 e. The summed E-state index contributed by atoms with van der Waals surface area (Å²) in [6, 6.07) is 9.74. The van der Waals surface area contributed by atoms with Gasteiger partial charge in [0.2, 0.25) is 0 Å². The maximum atomic E-state index is 10.9. The van der Waals surface area contributed by atoms with Crippen LogP contribution in [0.3, 0.4) is 0 Å². The second-order valence-electron chi connectivity index (χ2n) is 3.83. The summed E-state index contributed by atoms with van der Waals surface area (Å²) in [6.07, 6.45) is 2.52. The van der Waals surface area contributed by atoms with Gasteiger partial charge in [-0.15, -0.1) is 0 Å². The zero-order valence-corrected chi connectivity index (χ0v) is 9.65. The fourth-order valence-corrected chi connectivity index (χ4v) is 1.71. The van der Waals surface area contributed by atoms with E-state index in [1.165, 1.54) is 5.56 Å². The third-order valence-corrected chi connectivity index (χ3v) is 2.55. The number of hydrogen-bond donors (Lipinski definition) is 2. The molecule has 0 saturated heterocycles. The van der Waals surface area contributed by atoms with Crippen LogP contribution >= 0.6 is 0 Å². The smallest absolute Gasteiger partial charge is 0.320 e. The van der Waals surface area contributed by atoms with Crippen molar-refractivity contribution in [2.24, 2.45) is 0 Å². The van der Waals surface area contributed by atoms with Crippen molar-refractivity contribution in [3.8, 4) is 0 Å². The van der Waals surface area contributed by atoms with Gasteiger partial charge in [-0.1, -0.05) is 37.3 Å². The molecule has 1 unspecified atom stereocenters. The summed E-state index contributed by atoms with van der Waals surface area (Å²) >= 11 is 0. The van der Waals surface area contributed by atoms with E-state index in [2.05, 4.69) is 17.4 Å². The van der Waals surface area contributed by atoms with Crippen molar-refractivity contribution in [2.75, 3.05) is 6.54 Å². The Morgan fingerprint density at radius 2 is 2.06 bits per heavy atom. The Morgan fingerprint density at radius 1 is 1.38 bits per heavy atom. The quantitative estimate of drug-likeness (QED) is 0.741. The van der Waals surface area contributed by atoms with Gasteiger partial charge in [-0.25, -0.2) is 0 Å². The Labute approximate surface area is 96.5 Å². The van der Waals surface area contributed by atoms with Gasteiger partial charge in [0.05, 0.1) is 0 Å². The lowest BCUT2D eigenvalue weighted by atomic mass is 10.0. The highest BCUT2D eigenvalue weighted by molar-refractivity contribution is 5.73. The van der Waals surface area contributed by atoms with Crippen molar-refractivity contribution in [3.05, 3.63) is 35.9 Å². The van der Waals surface area contributed by atoms with E-state index in [-0.39, 0.29) is 0 Å². The van der Waals surface area contributed by atoms with Crippen LogP contribution in [-0.2, 0) is 11.2 Å². The van der Waals surface area contributed by atoms with Crippen molar-refractivity contribution < 1.29 is 9.90 Å². The molecule has 0 saturated carbocycles. The van der Waals surface area contributed by atoms with Crippen LogP contribution in [0, 0.1) is 0 Å². The van der Waals surface area contributed by atoms with Crippen LogP contribution in [0.5, 0.6) is 0 Å². The summed E-state index contributed by atoms with van der Waals surface area (Å²) in [5.74, 6) is -0.755. The van der Waals surface area contributed by atoms with Gasteiger partial charge in [0, 0.05) is 0 Å². The Hall–Kier alpha value is -1.35. The predicted molar refractivity (Wildman–Crippen MR) is 64.5 cm³/mol. The van der Waals surface area contributed by atoms with Crippen molar-refractivity contribution >= 4 is 5.97 Å². The minimum Gasteiger partial charge on any atom is -0.480 e. The molecular weight excluding hydrogens is 202 g/mol. The SMILES string of the molecule is CCNC(CCCc1ccccc1)C(=O)O. The Kier molecular flexibility index (Phi) is 5.57. The first kappa shape index (κ1) is 12.7. The van der Waals surface area contributed by atoms with Crippen LogP contribution in [0.15, 0.2) is 30.3 Å². The van der Waals surface area contributed by atoms with Gasteiger partial charge in [0.25, 0.3) is 0 Å². The zero-order valence-electron chi connectivity index (χ0n) is 9.65. The van der Waals surface area contributed by atoms with Crippen LogP contribution in [0.4, 0.5) is 0 Å². The van der Waals surface area contributed by atoms with Crippen molar-refractivity contribution in [2.45, 2.75) is 32.2 Å². The molecule has 88 valence electrons. The van der Waals surface area contributed by atoms with Gasteiger partial charge in [-0.05, 0) is 31.4 Å². The van der Waals surface area contributed by atoms with Gasteiger partial charge in [-0.3, -0.25) is 4.79 Å². The molecular formula is C13H19NO2. The molecule has 1 atom stereocenters. The monoisotopic (exact) mass is 221 g/mol. The molecule has 0 amide bonds. The molecule has 1 rings (SSSR count). The van der Waals surface area contributed by atoms with Crippen LogP contribution in [0.1, 0.15) is 25.3 Å². The topological polar surface area (TPSA) is 49.3 Å². The van der Waals surface area contributed by atoms with Gasteiger partial charge in [0.15, 0.2) is 0 Å². The van der Waals surface area contributed by atoms with E-state index in [1.807, 2.05) is 25.1 Å². The predicted octanol–water partition coefficient (Wildman–Crippen LogP) is 2.07. The summed E-state index contributed by atoms with van der Waals surface area (Å²) in [7, 11) is 0. The van der Waals surface area contributed by atoms with Gasteiger partial charge >= 0.3 is 5.97 Å². The average molecular weight is 221 g/mol. The number of hydrogen-bond acceptors (Lipinski definition) is 2. The first-order chi connectivity index (χ1) is 7.74. The summed E-state index contributed by atoms with van der Waals surface area (Å²) < 4.78 is 0. The number of rotatable bonds is 7. The number of aliphatic carboxylic acids is 1. The number of nitrogens with one attached hydrogen (secondary N) is 1. The molecule has 1 aromatic carbocycles. The highest BCUT2D eigenvalue weighted by Crippen LogP contribution is 2.06. The molecule has 0 fully saturated rings. The third-order valence-electron chi connectivity index (χ3n) is 2.55. The van der Waals surface area contributed by atoms with E-state index >= 15 is 0 Å². The molecule has 3 nitrogen and oxygen atoms in total. The van der Waals surface area contributed by atoms with Gasteiger partial charge < -0.3 is 10.4 Å². The lowest BCUT2D eigenvalue weighted by Crippen LogP contribution is -2.36. The van der Waals surface area contributed by atoms with E-state index in [0.29, 0.717) is 13.0 Å². The lowest BCUT2D eigenvalue weighted by Gasteiger charge is -2.12. The molecule has 0 aliphatic carbocycles. The first-order valence-electron chi connectivity index (χ1n) is 5.74. The molecule has 0 bridgehead atoms. The third kappa shape index (κ3) is 4.45. The fraction of sp³-hybridized carbons (Fsp3) is 0.462. The largest absolute Gasteiger partial charge is 0.480 e. The van der Waals surface area contributed by atoms with Gasteiger partial charge in [0.1, 0.15) is 6.04 Å². The number of likely N-dealkylation sites (N-methyl/N-ethyl adjacent to an activating group) is 1. The summed E-state index contributed by atoms with van der Waals surface area (Å²) in [6.45, 7) is 2.62. The average Bonchev–Trinajstić information content (AvgIpc) is 2.29. The summed E-state index contributed by atoms with van der Waals surface area (Å²) in [4.78, 5) is 10.9. The molecule has 0 spiro atoms. The normalized spacial score (nSPS) is 12.3. The molecule has 0 aromatic heterocycles. The zero-order chi connectivity index (χ0) is 11.8. The summed E-state index contributed by atoms with van der Waals surface area (Å²) in [5, 5.41) is 11.9. The first-order valence-corrected chi connectivity index (χ1v) is 5.74. The molecule has 1 aromatic rings. The Bertz CT molecular complexity index is 311. The molecule has 0 aliphatic heterocycles. The van der Waals surface area contributed by atoms with Crippen LogP contribution in [0.2, 0.25) is 0 Å². The van der Waals surface area contributed by atoms with Crippen LogP contribution < -0.4 is 5.32 Å². The molecule has 0 heterocycles. The Morgan fingerprint density at radius 3 is 2.62 bits per heavy atom. The molecule has 2 N–H and O–H groups in total. The fourth-order valence-electron chi connectivity index (χ4n) is 1.71. The number of carbonyl (C=O) groups is 1. The lowest BCUT2D eigenvalue weighted by molar-refractivity contribution is -0.139. The maximum absolute atomic E-state index is 10.9. The number of aryl methyl sites for hydroxylation is 1. The Balaban J connectivity index is 2.31. The second-order valence-corrected chi connectivity index (χ2v) is 3.83. The highest BCUT2D eigenvalue weighted by Gasteiger charge is 2.14. The highest BCUT2D eigenvalue weighted by atomic mass is 16.4. The molecule has 16 heavy (non-hydrogen) atoms. The van der Waals surface area contributed by atoms with Crippen molar-refractivity contribution in [1.82, 2.24) is 5.32 Å². The van der Waals surface area contributed by atoms with E-state index in [1.54, 1.807) is 0 Å². The minimum absolute atomic E-state index is 0.409.